The van der Waals surface area contributed by atoms with Crippen molar-refractivity contribution in [1.82, 2.24) is 14.8 Å². The SMILES string of the molecule is FC(F)(F)c1ccn(-c2ncc(Cl)cc2Br)n1. The maximum atomic E-state index is 12.4. The Labute approximate surface area is 107 Å². The van der Waals surface area contributed by atoms with Gasteiger partial charge >= 0.3 is 6.18 Å². The van der Waals surface area contributed by atoms with E-state index in [0.29, 0.717) is 9.50 Å². The smallest absolute Gasteiger partial charge is 0.235 e. The monoisotopic (exact) mass is 325 g/mol. The van der Waals surface area contributed by atoms with E-state index in [2.05, 4.69) is 26.0 Å². The number of pyridine rings is 1. The van der Waals surface area contributed by atoms with Crippen LogP contribution in [0.4, 0.5) is 13.2 Å². The molecule has 0 radical (unpaired) electrons. The van der Waals surface area contributed by atoms with E-state index in [1.807, 2.05) is 0 Å². The summed E-state index contributed by atoms with van der Waals surface area (Å²) in [6.45, 7) is 0. The Morgan fingerprint density at radius 2 is 2.06 bits per heavy atom. The highest BCUT2D eigenvalue weighted by atomic mass is 79.9. The first-order chi connectivity index (χ1) is 7.88. The molecule has 0 saturated carbocycles. The molecule has 0 amide bonds. The molecule has 2 heterocycles. The van der Waals surface area contributed by atoms with Gasteiger partial charge in [-0.15, -0.1) is 0 Å². The molecule has 0 aliphatic carbocycles. The molecule has 17 heavy (non-hydrogen) atoms. The first-order valence-electron chi connectivity index (χ1n) is 4.32. The molecule has 8 heteroatoms. The van der Waals surface area contributed by atoms with Gasteiger partial charge in [-0.3, -0.25) is 0 Å². The molecule has 0 aromatic carbocycles. The Hall–Kier alpha value is -1.08. The molecule has 0 bridgehead atoms. The lowest BCUT2D eigenvalue weighted by Crippen LogP contribution is -2.08. The summed E-state index contributed by atoms with van der Waals surface area (Å²) in [6.07, 6.45) is -1.95. The van der Waals surface area contributed by atoms with Crippen molar-refractivity contribution in [1.29, 1.82) is 0 Å². The van der Waals surface area contributed by atoms with E-state index >= 15 is 0 Å². The number of alkyl halides is 3. The normalized spacial score (nSPS) is 11.8. The second-order valence-corrected chi connectivity index (χ2v) is 4.39. The number of halogens is 5. The van der Waals surface area contributed by atoms with Gasteiger partial charge in [0.2, 0.25) is 0 Å². The second-order valence-electron chi connectivity index (χ2n) is 3.10. The Balaban J connectivity index is 2.44. The van der Waals surface area contributed by atoms with E-state index in [9.17, 15) is 13.2 Å². The van der Waals surface area contributed by atoms with Crippen LogP contribution in [0.3, 0.4) is 0 Å². The number of hydrogen-bond acceptors (Lipinski definition) is 2. The highest BCUT2D eigenvalue weighted by Crippen LogP contribution is 2.29. The Morgan fingerprint density at radius 1 is 1.35 bits per heavy atom. The topological polar surface area (TPSA) is 30.7 Å². The molecule has 0 N–H and O–H groups in total. The molecule has 0 saturated heterocycles. The molecular weight excluding hydrogens is 322 g/mol. The van der Waals surface area contributed by atoms with Crippen LogP contribution in [0.15, 0.2) is 29.0 Å². The molecule has 0 spiro atoms. The molecule has 90 valence electrons. The zero-order valence-electron chi connectivity index (χ0n) is 8.04. The third-order valence-corrected chi connectivity index (χ3v) is 2.68. The maximum Gasteiger partial charge on any atom is 0.435 e. The third kappa shape index (κ3) is 2.61. The fourth-order valence-electron chi connectivity index (χ4n) is 1.17. The lowest BCUT2D eigenvalue weighted by molar-refractivity contribution is -0.141. The summed E-state index contributed by atoms with van der Waals surface area (Å²) in [5, 5.41) is 3.78. The highest BCUT2D eigenvalue weighted by Gasteiger charge is 2.33. The molecule has 3 nitrogen and oxygen atoms in total. The van der Waals surface area contributed by atoms with Crippen LogP contribution in [0.1, 0.15) is 5.69 Å². The van der Waals surface area contributed by atoms with Gasteiger partial charge in [-0.2, -0.15) is 18.3 Å². The standard InChI is InChI=1S/C9H4BrClF3N3/c10-6-3-5(11)4-15-8(6)17-2-1-7(16-17)9(12,13)14/h1-4H. The van der Waals surface area contributed by atoms with Crippen LogP contribution in [-0.2, 0) is 6.18 Å². The molecule has 0 atom stereocenters. The number of hydrogen-bond donors (Lipinski definition) is 0. The molecule has 0 unspecified atom stereocenters. The fraction of sp³-hybridized carbons (Fsp3) is 0.111. The maximum absolute atomic E-state index is 12.4. The Morgan fingerprint density at radius 3 is 2.59 bits per heavy atom. The largest absolute Gasteiger partial charge is 0.435 e. The van der Waals surface area contributed by atoms with E-state index < -0.39 is 11.9 Å². The van der Waals surface area contributed by atoms with Crippen molar-refractivity contribution >= 4 is 27.5 Å². The van der Waals surface area contributed by atoms with E-state index in [0.717, 1.165) is 10.7 Å². The van der Waals surface area contributed by atoms with Crippen LogP contribution in [0.2, 0.25) is 5.02 Å². The summed E-state index contributed by atoms with van der Waals surface area (Å²) in [4.78, 5) is 3.90. The van der Waals surface area contributed by atoms with Crippen molar-refractivity contribution in [2.24, 2.45) is 0 Å². The van der Waals surface area contributed by atoms with Gasteiger partial charge in [0, 0.05) is 12.4 Å². The lowest BCUT2D eigenvalue weighted by Gasteiger charge is -2.04. The molecule has 2 aromatic rings. The van der Waals surface area contributed by atoms with Gasteiger partial charge in [0.05, 0.1) is 9.50 Å². The predicted molar refractivity (Wildman–Crippen MR) is 59.1 cm³/mol. The van der Waals surface area contributed by atoms with Gasteiger partial charge in [-0.1, -0.05) is 11.6 Å². The minimum atomic E-state index is -4.47. The van der Waals surface area contributed by atoms with Crippen molar-refractivity contribution in [3.05, 3.63) is 39.7 Å². The minimum absolute atomic E-state index is 0.241. The average molecular weight is 327 g/mol. The van der Waals surface area contributed by atoms with Gasteiger partial charge in [-0.25, -0.2) is 9.67 Å². The number of nitrogens with zero attached hydrogens (tertiary/aromatic N) is 3. The van der Waals surface area contributed by atoms with Crippen molar-refractivity contribution < 1.29 is 13.2 Å². The molecule has 2 rings (SSSR count). The third-order valence-electron chi connectivity index (χ3n) is 1.88. The minimum Gasteiger partial charge on any atom is -0.235 e. The van der Waals surface area contributed by atoms with Crippen LogP contribution in [0.25, 0.3) is 5.82 Å². The van der Waals surface area contributed by atoms with Crippen LogP contribution in [0.5, 0.6) is 0 Å². The van der Waals surface area contributed by atoms with Crippen molar-refractivity contribution in [3.63, 3.8) is 0 Å². The van der Waals surface area contributed by atoms with E-state index in [-0.39, 0.29) is 5.82 Å². The lowest BCUT2D eigenvalue weighted by atomic mass is 10.4. The van der Waals surface area contributed by atoms with Gasteiger partial charge in [-0.05, 0) is 28.1 Å². The number of rotatable bonds is 1. The second kappa shape index (κ2) is 4.30. The number of aromatic nitrogens is 3. The molecular formula is C9H4BrClF3N3. The first-order valence-corrected chi connectivity index (χ1v) is 5.49. The van der Waals surface area contributed by atoms with Gasteiger partial charge < -0.3 is 0 Å². The molecule has 0 aliphatic rings. The van der Waals surface area contributed by atoms with Crippen molar-refractivity contribution in [2.75, 3.05) is 0 Å². The first kappa shape index (κ1) is 12.4. The Kier molecular flexibility index (Phi) is 3.13. The van der Waals surface area contributed by atoms with Gasteiger partial charge in [0.15, 0.2) is 11.5 Å². The van der Waals surface area contributed by atoms with Crippen LogP contribution >= 0.6 is 27.5 Å². The van der Waals surface area contributed by atoms with Crippen molar-refractivity contribution in [2.45, 2.75) is 6.18 Å². The van der Waals surface area contributed by atoms with E-state index in [1.165, 1.54) is 18.5 Å². The van der Waals surface area contributed by atoms with Gasteiger partial charge in [0.1, 0.15) is 0 Å². The summed E-state index contributed by atoms with van der Waals surface area (Å²) in [5.41, 5.74) is -0.971. The van der Waals surface area contributed by atoms with E-state index in [4.69, 9.17) is 11.6 Å². The summed E-state index contributed by atoms with van der Waals surface area (Å²) >= 11 is 8.83. The quantitative estimate of drug-likeness (QED) is 0.800. The fourth-order valence-corrected chi connectivity index (χ4v) is 1.99. The van der Waals surface area contributed by atoms with E-state index in [1.54, 1.807) is 0 Å². The van der Waals surface area contributed by atoms with Gasteiger partial charge in [0.25, 0.3) is 0 Å². The zero-order chi connectivity index (χ0) is 12.6. The highest BCUT2D eigenvalue weighted by molar-refractivity contribution is 9.10. The van der Waals surface area contributed by atoms with Crippen molar-refractivity contribution in [3.8, 4) is 5.82 Å². The summed E-state index contributed by atoms with van der Waals surface area (Å²) in [5.74, 6) is 0.241. The van der Waals surface area contributed by atoms with Crippen LogP contribution < -0.4 is 0 Å². The molecule has 0 fully saturated rings. The summed E-state index contributed by atoms with van der Waals surface area (Å²) in [6, 6.07) is 2.40. The molecule has 0 aliphatic heterocycles. The van der Waals surface area contributed by atoms with Crippen LogP contribution in [0, 0.1) is 0 Å². The summed E-state index contributed by atoms with van der Waals surface area (Å²) in [7, 11) is 0. The van der Waals surface area contributed by atoms with Crippen LogP contribution in [-0.4, -0.2) is 14.8 Å². The Bertz CT molecular complexity index is 553. The average Bonchev–Trinajstić information content (AvgIpc) is 2.65. The predicted octanol–water partition coefficient (Wildman–Crippen LogP) is 3.70. The summed E-state index contributed by atoms with van der Waals surface area (Å²) < 4.78 is 38.5. The molecule has 2 aromatic heterocycles. The zero-order valence-corrected chi connectivity index (χ0v) is 10.4.